The Kier molecular flexibility index (Phi) is 3.11. The van der Waals surface area contributed by atoms with Crippen LogP contribution in [0.2, 0.25) is 0 Å². The highest BCUT2D eigenvalue weighted by atomic mass is 14.9. The fraction of sp³-hybridized carbons (Fsp3) is 0.900. The maximum atomic E-state index is 9.04. The number of nitriles is 1. The van der Waals surface area contributed by atoms with Gasteiger partial charge in [0.2, 0.25) is 0 Å². The molecule has 0 aromatic carbocycles. The van der Waals surface area contributed by atoms with Crippen LogP contribution < -0.4 is 5.32 Å². The maximum Gasteiger partial charge on any atom is 0.106 e. The molecule has 0 aromatic rings. The summed E-state index contributed by atoms with van der Waals surface area (Å²) >= 11 is 0. The number of hydrogen-bond acceptors (Lipinski definition) is 2. The van der Waals surface area contributed by atoms with Crippen molar-refractivity contribution in [3.63, 3.8) is 0 Å². The lowest BCUT2D eigenvalue weighted by Crippen LogP contribution is -2.40. The molecule has 1 aliphatic rings. The minimum atomic E-state index is -0.217. The van der Waals surface area contributed by atoms with E-state index < -0.39 is 0 Å². The molecule has 1 saturated carbocycles. The summed E-state index contributed by atoms with van der Waals surface area (Å²) in [7, 11) is 1.90. The molecule has 2 atom stereocenters. The zero-order valence-corrected chi connectivity index (χ0v) is 8.06. The summed E-state index contributed by atoms with van der Waals surface area (Å²) in [5.41, 5.74) is -0.217. The maximum absolute atomic E-state index is 9.04. The molecule has 12 heavy (non-hydrogen) atoms. The van der Waals surface area contributed by atoms with Gasteiger partial charge >= 0.3 is 0 Å². The molecule has 0 aliphatic heterocycles. The van der Waals surface area contributed by atoms with Crippen molar-refractivity contribution in [2.24, 2.45) is 5.92 Å². The molecule has 1 fully saturated rings. The fourth-order valence-corrected chi connectivity index (χ4v) is 1.93. The van der Waals surface area contributed by atoms with Gasteiger partial charge in [0, 0.05) is 0 Å². The SMILES string of the molecule is CNC1(C#N)CCCC(C)CC1. The molecular weight excluding hydrogens is 148 g/mol. The standard InChI is InChI=1S/C10H18N2/c1-9-4-3-6-10(8-11,12-2)7-5-9/h9,12H,3-7H2,1-2H3. The Morgan fingerprint density at radius 2 is 2.17 bits per heavy atom. The minimum Gasteiger partial charge on any atom is -0.302 e. The van der Waals surface area contributed by atoms with Gasteiger partial charge in [0.1, 0.15) is 5.54 Å². The lowest BCUT2D eigenvalue weighted by molar-refractivity contribution is 0.388. The van der Waals surface area contributed by atoms with Crippen LogP contribution in [-0.2, 0) is 0 Å². The lowest BCUT2D eigenvalue weighted by Gasteiger charge is -2.23. The third-order valence-electron chi connectivity index (χ3n) is 3.06. The van der Waals surface area contributed by atoms with Crippen LogP contribution in [0.15, 0.2) is 0 Å². The van der Waals surface area contributed by atoms with Crippen molar-refractivity contribution in [1.82, 2.24) is 5.32 Å². The van der Waals surface area contributed by atoms with E-state index in [2.05, 4.69) is 18.3 Å². The van der Waals surface area contributed by atoms with Gasteiger partial charge in [-0.3, -0.25) is 0 Å². The van der Waals surface area contributed by atoms with Gasteiger partial charge in [-0.05, 0) is 32.2 Å². The van der Waals surface area contributed by atoms with Crippen LogP contribution in [0.1, 0.15) is 39.0 Å². The number of nitrogens with zero attached hydrogens (tertiary/aromatic N) is 1. The van der Waals surface area contributed by atoms with Crippen molar-refractivity contribution in [2.45, 2.75) is 44.6 Å². The first kappa shape index (κ1) is 9.54. The van der Waals surface area contributed by atoms with Gasteiger partial charge in [0.25, 0.3) is 0 Å². The number of nitrogens with one attached hydrogen (secondary N) is 1. The van der Waals surface area contributed by atoms with E-state index in [0.717, 1.165) is 18.8 Å². The predicted octanol–water partition coefficient (Wildman–Crippen LogP) is 2.07. The van der Waals surface area contributed by atoms with Crippen LogP contribution in [0.5, 0.6) is 0 Å². The summed E-state index contributed by atoms with van der Waals surface area (Å²) in [5.74, 6) is 0.800. The monoisotopic (exact) mass is 166 g/mol. The average Bonchev–Trinajstić information content (AvgIpc) is 2.28. The van der Waals surface area contributed by atoms with E-state index in [0.29, 0.717) is 0 Å². The summed E-state index contributed by atoms with van der Waals surface area (Å²) in [4.78, 5) is 0. The van der Waals surface area contributed by atoms with Crippen LogP contribution in [0, 0.1) is 17.2 Å². The second-order valence-corrected chi connectivity index (χ2v) is 3.98. The lowest BCUT2D eigenvalue weighted by atomic mass is 9.92. The Bertz CT molecular complexity index is 183. The van der Waals surface area contributed by atoms with Crippen LogP contribution in [0.4, 0.5) is 0 Å². The highest BCUT2D eigenvalue weighted by Gasteiger charge is 2.30. The van der Waals surface area contributed by atoms with E-state index in [-0.39, 0.29) is 5.54 Å². The third kappa shape index (κ3) is 1.98. The number of rotatable bonds is 1. The first-order valence-electron chi connectivity index (χ1n) is 4.82. The predicted molar refractivity (Wildman–Crippen MR) is 49.7 cm³/mol. The van der Waals surface area contributed by atoms with Gasteiger partial charge in [-0.25, -0.2) is 0 Å². The van der Waals surface area contributed by atoms with Gasteiger partial charge in [-0.15, -0.1) is 0 Å². The summed E-state index contributed by atoms with van der Waals surface area (Å²) in [5, 5.41) is 12.2. The Hall–Kier alpha value is -0.550. The normalized spacial score (nSPS) is 36.9. The zero-order valence-electron chi connectivity index (χ0n) is 8.06. The summed E-state index contributed by atoms with van der Waals surface area (Å²) in [6, 6.07) is 2.42. The second kappa shape index (κ2) is 3.91. The molecule has 0 bridgehead atoms. The first-order valence-corrected chi connectivity index (χ1v) is 4.82. The smallest absolute Gasteiger partial charge is 0.106 e. The number of hydrogen-bond donors (Lipinski definition) is 1. The van der Waals surface area contributed by atoms with Crippen molar-refractivity contribution in [2.75, 3.05) is 7.05 Å². The molecule has 2 heteroatoms. The minimum absolute atomic E-state index is 0.217. The van der Waals surface area contributed by atoms with Gasteiger partial charge < -0.3 is 5.32 Å². The molecule has 1 N–H and O–H groups in total. The Morgan fingerprint density at radius 1 is 1.42 bits per heavy atom. The zero-order chi connectivity index (χ0) is 9.03. The molecule has 0 saturated heterocycles. The molecule has 0 spiro atoms. The molecule has 0 amide bonds. The van der Waals surface area contributed by atoms with Crippen molar-refractivity contribution < 1.29 is 0 Å². The first-order chi connectivity index (χ1) is 5.72. The Morgan fingerprint density at radius 3 is 2.75 bits per heavy atom. The average molecular weight is 166 g/mol. The van der Waals surface area contributed by atoms with Crippen LogP contribution in [0.25, 0.3) is 0 Å². The molecule has 0 heterocycles. The highest BCUT2D eigenvalue weighted by Crippen LogP contribution is 2.29. The topological polar surface area (TPSA) is 35.8 Å². The fourth-order valence-electron chi connectivity index (χ4n) is 1.93. The summed E-state index contributed by atoms with van der Waals surface area (Å²) in [6.45, 7) is 2.28. The van der Waals surface area contributed by atoms with Gasteiger partial charge in [-0.1, -0.05) is 19.8 Å². The van der Waals surface area contributed by atoms with E-state index >= 15 is 0 Å². The van der Waals surface area contributed by atoms with Gasteiger partial charge in [-0.2, -0.15) is 5.26 Å². The molecule has 0 radical (unpaired) electrons. The highest BCUT2D eigenvalue weighted by molar-refractivity contribution is 5.07. The van der Waals surface area contributed by atoms with E-state index in [1.165, 1.54) is 19.3 Å². The molecule has 1 aliphatic carbocycles. The summed E-state index contributed by atoms with van der Waals surface area (Å²) < 4.78 is 0. The van der Waals surface area contributed by atoms with Crippen molar-refractivity contribution in [3.8, 4) is 6.07 Å². The van der Waals surface area contributed by atoms with Gasteiger partial charge in [0.05, 0.1) is 6.07 Å². The summed E-state index contributed by atoms with van der Waals surface area (Å²) in [6.07, 6.45) is 5.70. The largest absolute Gasteiger partial charge is 0.302 e. The quantitative estimate of drug-likeness (QED) is 0.605. The van der Waals surface area contributed by atoms with Crippen molar-refractivity contribution in [1.29, 1.82) is 5.26 Å². The van der Waals surface area contributed by atoms with Crippen molar-refractivity contribution >= 4 is 0 Å². The Labute approximate surface area is 75.0 Å². The van der Waals surface area contributed by atoms with E-state index in [4.69, 9.17) is 5.26 Å². The van der Waals surface area contributed by atoms with E-state index in [1.54, 1.807) is 0 Å². The Balaban J connectivity index is 2.60. The van der Waals surface area contributed by atoms with Crippen LogP contribution in [-0.4, -0.2) is 12.6 Å². The van der Waals surface area contributed by atoms with E-state index in [9.17, 15) is 0 Å². The molecule has 2 nitrogen and oxygen atoms in total. The molecule has 1 rings (SSSR count). The molecular formula is C10H18N2. The van der Waals surface area contributed by atoms with Crippen LogP contribution >= 0.6 is 0 Å². The van der Waals surface area contributed by atoms with Crippen LogP contribution in [0.3, 0.4) is 0 Å². The third-order valence-corrected chi connectivity index (χ3v) is 3.06. The molecule has 2 unspecified atom stereocenters. The van der Waals surface area contributed by atoms with Gasteiger partial charge in [0.15, 0.2) is 0 Å². The molecule has 68 valence electrons. The van der Waals surface area contributed by atoms with Crippen molar-refractivity contribution in [3.05, 3.63) is 0 Å². The van der Waals surface area contributed by atoms with E-state index in [1.807, 2.05) is 7.05 Å². The molecule has 0 aromatic heterocycles. The second-order valence-electron chi connectivity index (χ2n) is 3.98.